The van der Waals surface area contributed by atoms with Crippen LogP contribution in [0.1, 0.15) is 22.8 Å². The van der Waals surface area contributed by atoms with E-state index in [9.17, 15) is 10.1 Å². The summed E-state index contributed by atoms with van der Waals surface area (Å²) in [5.74, 6) is 1.24. The van der Waals surface area contributed by atoms with Gasteiger partial charge in [0, 0.05) is 32.4 Å². The SMILES string of the molecule is COc1cc([C@H]2CN3CCN(C(=O)Cc4ccc(-n5cnnn5)nc4)C[C@H]3CO2)ccc1C#N. The third-order valence-electron chi connectivity index (χ3n) is 6.31. The summed E-state index contributed by atoms with van der Waals surface area (Å²) in [5.41, 5.74) is 2.34. The Balaban J connectivity index is 1.17. The molecule has 5 rings (SSSR count). The zero-order chi connectivity index (χ0) is 23.5. The van der Waals surface area contributed by atoms with Crippen molar-refractivity contribution in [2.45, 2.75) is 18.6 Å². The topological polar surface area (TPSA) is 122 Å². The smallest absolute Gasteiger partial charge is 0.227 e. The van der Waals surface area contributed by atoms with E-state index in [1.165, 1.54) is 11.0 Å². The Morgan fingerprint density at radius 1 is 1.26 bits per heavy atom. The highest BCUT2D eigenvalue weighted by atomic mass is 16.5. The molecular weight excluding hydrogens is 436 g/mol. The molecule has 0 unspecified atom stereocenters. The van der Waals surface area contributed by atoms with Gasteiger partial charge >= 0.3 is 0 Å². The van der Waals surface area contributed by atoms with Gasteiger partial charge in [-0.3, -0.25) is 9.69 Å². The number of aromatic nitrogens is 5. The summed E-state index contributed by atoms with van der Waals surface area (Å²) < 4.78 is 13.0. The molecule has 11 heteroatoms. The summed E-state index contributed by atoms with van der Waals surface area (Å²) in [6, 6.07) is 11.5. The van der Waals surface area contributed by atoms with Crippen LogP contribution in [-0.4, -0.2) is 86.8 Å². The Morgan fingerprint density at radius 3 is 2.91 bits per heavy atom. The fourth-order valence-electron chi connectivity index (χ4n) is 4.42. The summed E-state index contributed by atoms with van der Waals surface area (Å²) in [5, 5.41) is 20.2. The maximum Gasteiger partial charge on any atom is 0.227 e. The Morgan fingerprint density at radius 2 is 2.18 bits per heavy atom. The summed E-state index contributed by atoms with van der Waals surface area (Å²) in [4.78, 5) is 21.6. The molecule has 3 aromatic rings. The number of hydrogen-bond acceptors (Lipinski definition) is 9. The quantitative estimate of drug-likeness (QED) is 0.543. The van der Waals surface area contributed by atoms with Crippen molar-refractivity contribution in [3.05, 3.63) is 59.5 Å². The fraction of sp³-hybridized carbons (Fsp3) is 0.391. The number of nitriles is 1. The first-order valence-electron chi connectivity index (χ1n) is 11.0. The van der Waals surface area contributed by atoms with E-state index in [1.54, 1.807) is 25.4 Å². The van der Waals surface area contributed by atoms with Gasteiger partial charge in [-0.05, 0) is 39.8 Å². The third kappa shape index (κ3) is 4.46. The highest BCUT2D eigenvalue weighted by Crippen LogP contribution is 2.30. The van der Waals surface area contributed by atoms with Gasteiger partial charge in [-0.25, -0.2) is 4.98 Å². The van der Waals surface area contributed by atoms with Gasteiger partial charge in [-0.1, -0.05) is 12.1 Å². The molecule has 0 N–H and O–H groups in total. The molecule has 4 heterocycles. The summed E-state index contributed by atoms with van der Waals surface area (Å²) in [7, 11) is 1.56. The Kier molecular flexibility index (Phi) is 6.16. The van der Waals surface area contributed by atoms with Gasteiger partial charge in [0.1, 0.15) is 18.1 Å². The number of carbonyl (C=O) groups is 1. The number of morpholine rings is 1. The van der Waals surface area contributed by atoms with Crippen molar-refractivity contribution in [1.82, 2.24) is 35.0 Å². The first-order valence-corrected chi connectivity index (χ1v) is 11.0. The Labute approximate surface area is 196 Å². The monoisotopic (exact) mass is 460 g/mol. The van der Waals surface area contributed by atoms with E-state index < -0.39 is 0 Å². The fourth-order valence-corrected chi connectivity index (χ4v) is 4.42. The summed E-state index contributed by atoms with van der Waals surface area (Å²) >= 11 is 0. The molecule has 1 amide bonds. The van der Waals surface area contributed by atoms with E-state index in [0.29, 0.717) is 43.2 Å². The zero-order valence-electron chi connectivity index (χ0n) is 18.7. The predicted molar refractivity (Wildman–Crippen MR) is 119 cm³/mol. The molecule has 2 aliphatic rings. The number of carbonyl (C=O) groups excluding carboxylic acids is 1. The molecule has 34 heavy (non-hydrogen) atoms. The first-order chi connectivity index (χ1) is 16.6. The van der Waals surface area contributed by atoms with Crippen molar-refractivity contribution in [2.24, 2.45) is 0 Å². The average molecular weight is 460 g/mol. The van der Waals surface area contributed by atoms with Gasteiger partial charge < -0.3 is 14.4 Å². The first kappa shape index (κ1) is 21.9. The van der Waals surface area contributed by atoms with Crippen LogP contribution in [0.4, 0.5) is 0 Å². The van der Waals surface area contributed by atoms with E-state index in [1.807, 2.05) is 23.1 Å². The number of fused-ring (bicyclic) bond motifs is 1. The lowest BCUT2D eigenvalue weighted by Crippen LogP contribution is -2.59. The third-order valence-corrected chi connectivity index (χ3v) is 6.31. The maximum atomic E-state index is 12.9. The number of ether oxygens (including phenoxy) is 2. The molecule has 0 saturated carbocycles. The van der Waals surface area contributed by atoms with Crippen LogP contribution in [0.5, 0.6) is 5.75 Å². The zero-order valence-corrected chi connectivity index (χ0v) is 18.7. The lowest BCUT2D eigenvalue weighted by atomic mass is 10.0. The van der Waals surface area contributed by atoms with Gasteiger partial charge in [0.2, 0.25) is 5.91 Å². The van der Waals surface area contributed by atoms with E-state index in [0.717, 1.165) is 24.2 Å². The molecule has 0 bridgehead atoms. The maximum absolute atomic E-state index is 12.9. The molecule has 1 aromatic carbocycles. The number of pyridine rings is 1. The van der Waals surface area contributed by atoms with Crippen LogP contribution < -0.4 is 4.74 Å². The number of nitrogens with zero attached hydrogens (tertiary/aromatic N) is 8. The van der Waals surface area contributed by atoms with Gasteiger partial charge in [-0.15, -0.1) is 5.10 Å². The molecule has 0 radical (unpaired) electrons. The molecule has 0 aliphatic carbocycles. The van der Waals surface area contributed by atoms with Crippen LogP contribution in [0.2, 0.25) is 0 Å². The average Bonchev–Trinajstić information content (AvgIpc) is 3.43. The van der Waals surface area contributed by atoms with Gasteiger partial charge in [0.25, 0.3) is 0 Å². The molecule has 2 atom stereocenters. The number of tetrazole rings is 1. The minimum atomic E-state index is -0.0927. The van der Waals surface area contributed by atoms with E-state index >= 15 is 0 Å². The molecule has 0 spiro atoms. The van der Waals surface area contributed by atoms with E-state index in [2.05, 4.69) is 31.5 Å². The van der Waals surface area contributed by atoms with E-state index in [4.69, 9.17) is 9.47 Å². The van der Waals surface area contributed by atoms with Crippen molar-refractivity contribution in [1.29, 1.82) is 5.26 Å². The minimum Gasteiger partial charge on any atom is -0.495 e. The molecule has 11 nitrogen and oxygen atoms in total. The minimum absolute atomic E-state index is 0.0792. The van der Waals surface area contributed by atoms with Crippen LogP contribution in [0.15, 0.2) is 42.9 Å². The summed E-state index contributed by atoms with van der Waals surface area (Å²) in [6.07, 6.45) is 3.36. The van der Waals surface area contributed by atoms with Crippen LogP contribution >= 0.6 is 0 Å². The van der Waals surface area contributed by atoms with Crippen LogP contribution in [0.25, 0.3) is 5.82 Å². The number of methoxy groups -OCH3 is 1. The molecule has 2 fully saturated rings. The van der Waals surface area contributed by atoms with Crippen molar-refractivity contribution in [3.63, 3.8) is 0 Å². The van der Waals surface area contributed by atoms with Crippen molar-refractivity contribution < 1.29 is 14.3 Å². The second kappa shape index (κ2) is 9.54. The second-order valence-electron chi connectivity index (χ2n) is 8.34. The normalized spacial score (nSPS) is 20.4. The second-order valence-corrected chi connectivity index (χ2v) is 8.34. The number of benzene rings is 1. The van der Waals surface area contributed by atoms with Crippen molar-refractivity contribution in [3.8, 4) is 17.6 Å². The number of piperazine rings is 1. The molecule has 2 saturated heterocycles. The van der Waals surface area contributed by atoms with E-state index in [-0.39, 0.29) is 18.1 Å². The molecular formula is C23H24N8O3. The van der Waals surface area contributed by atoms with Crippen molar-refractivity contribution >= 4 is 5.91 Å². The highest BCUT2D eigenvalue weighted by Gasteiger charge is 2.35. The number of amides is 1. The Hall–Kier alpha value is -3.88. The van der Waals surface area contributed by atoms with Crippen LogP contribution in [-0.2, 0) is 16.0 Å². The predicted octanol–water partition coefficient (Wildman–Crippen LogP) is 0.764. The number of hydrogen-bond donors (Lipinski definition) is 0. The number of rotatable bonds is 5. The molecule has 2 aliphatic heterocycles. The molecule has 2 aromatic heterocycles. The lowest BCUT2D eigenvalue weighted by Gasteiger charge is -2.46. The van der Waals surface area contributed by atoms with Gasteiger partial charge in [0.05, 0.1) is 37.8 Å². The van der Waals surface area contributed by atoms with Gasteiger partial charge in [0.15, 0.2) is 5.82 Å². The van der Waals surface area contributed by atoms with Crippen LogP contribution in [0.3, 0.4) is 0 Å². The van der Waals surface area contributed by atoms with Crippen molar-refractivity contribution in [2.75, 3.05) is 39.9 Å². The Bertz CT molecular complexity index is 1190. The lowest BCUT2D eigenvalue weighted by molar-refractivity contribution is -0.139. The van der Waals surface area contributed by atoms with Gasteiger partial charge in [-0.2, -0.15) is 9.94 Å². The standard InChI is InChI=1S/C23H24N8O3/c1-33-20-9-17(3-4-18(20)10-24)21-13-29-6-7-30(12-19(29)14-34-21)23(32)8-16-2-5-22(25-11-16)31-15-26-27-28-31/h2-5,9,11,15,19,21H,6-8,12-14H2,1H3/t19-,21+/m0/s1. The molecule has 174 valence electrons. The summed E-state index contributed by atoms with van der Waals surface area (Å²) in [6.45, 7) is 3.39. The largest absolute Gasteiger partial charge is 0.495 e. The highest BCUT2D eigenvalue weighted by molar-refractivity contribution is 5.79. The van der Waals surface area contributed by atoms with Crippen LogP contribution in [0, 0.1) is 11.3 Å².